The number of hydrogen-bond acceptors (Lipinski definition) is 2. The quantitative estimate of drug-likeness (QED) is 0.888. The summed E-state index contributed by atoms with van der Waals surface area (Å²) in [5.74, 6) is -0.168. The van der Waals surface area contributed by atoms with Gasteiger partial charge in [0.25, 0.3) is 5.91 Å². The third-order valence-corrected chi connectivity index (χ3v) is 2.54. The average molecular weight is 280 g/mol. The van der Waals surface area contributed by atoms with Gasteiger partial charge in [-0.15, -0.1) is 0 Å². The summed E-state index contributed by atoms with van der Waals surface area (Å²) < 4.78 is 0.824. The molecule has 0 atom stereocenters. The zero-order valence-electron chi connectivity index (χ0n) is 8.62. The zero-order valence-corrected chi connectivity index (χ0v) is 10.2. The minimum atomic E-state index is -0.168. The van der Waals surface area contributed by atoms with E-state index >= 15 is 0 Å². The Bertz CT molecular complexity index is 504. The van der Waals surface area contributed by atoms with Crippen LogP contribution in [0.2, 0.25) is 0 Å². The number of halogens is 1. The highest BCUT2D eigenvalue weighted by atomic mass is 79.9. The molecule has 0 aliphatic heterocycles. The summed E-state index contributed by atoms with van der Waals surface area (Å²) in [5.41, 5.74) is 2.15. The number of H-pyrrole nitrogens is 1. The van der Waals surface area contributed by atoms with Gasteiger partial charge < -0.3 is 10.3 Å². The van der Waals surface area contributed by atoms with Gasteiger partial charge in [-0.2, -0.15) is 0 Å². The van der Waals surface area contributed by atoms with E-state index in [4.69, 9.17) is 0 Å². The van der Waals surface area contributed by atoms with Crippen LogP contribution in [0.25, 0.3) is 0 Å². The highest BCUT2D eigenvalue weighted by molar-refractivity contribution is 9.10. The van der Waals surface area contributed by atoms with Crippen molar-refractivity contribution in [1.29, 1.82) is 0 Å². The van der Waals surface area contributed by atoms with E-state index in [1.54, 1.807) is 24.5 Å². The van der Waals surface area contributed by atoms with E-state index in [2.05, 4.69) is 31.2 Å². The van der Waals surface area contributed by atoms with Crippen molar-refractivity contribution in [2.24, 2.45) is 0 Å². The van der Waals surface area contributed by atoms with E-state index in [0.29, 0.717) is 5.56 Å². The maximum absolute atomic E-state index is 11.8. The first-order chi connectivity index (χ1) is 7.65. The van der Waals surface area contributed by atoms with Gasteiger partial charge in [0.1, 0.15) is 0 Å². The fraction of sp³-hybridized carbons (Fsp3) is 0.0909. The summed E-state index contributed by atoms with van der Waals surface area (Å²) in [6.07, 6.45) is 3.27. The minimum absolute atomic E-state index is 0.168. The van der Waals surface area contributed by atoms with E-state index in [9.17, 15) is 4.79 Å². The lowest BCUT2D eigenvalue weighted by molar-refractivity contribution is 0.102. The summed E-state index contributed by atoms with van der Waals surface area (Å²) in [4.78, 5) is 18.7. The van der Waals surface area contributed by atoms with Crippen LogP contribution in [0.15, 0.2) is 35.2 Å². The first-order valence-corrected chi connectivity index (χ1v) is 5.52. The second kappa shape index (κ2) is 4.49. The maximum Gasteiger partial charge on any atom is 0.257 e. The minimum Gasteiger partial charge on any atom is -0.354 e. The lowest BCUT2D eigenvalue weighted by atomic mass is 10.2. The lowest BCUT2D eigenvalue weighted by Gasteiger charge is -2.02. The summed E-state index contributed by atoms with van der Waals surface area (Å²) in [7, 11) is 0. The molecule has 4 nitrogen and oxygen atoms in total. The number of rotatable bonds is 2. The van der Waals surface area contributed by atoms with Gasteiger partial charge in [-0.05, 0) is 41.1 Å². The van der Waals surface area contributed by atoms with Crippen molar-refractivity contribution in [2.45, 2.75) is 6.92 Å². The van der Waals surface area contributed by atoms with Crippen LogP contribution in [0.5, 0.6) is 0 Å². The number of pyridine rings is 1. The van der Waals surface area contributed by atoms with Crippen molar-refractivity contribution < 1.29 is 4.79 Å². The Hall–Kier alpha value is -1.62. The number of aryl methyl sites for hydroxylation is 1. The van der Waals surface area contributed by atoms with Gasteiger partial charge >= 0.3 is 0 Å². The lowest BCUT2D eigenvalue weighted by Crippen LogP contribution is -2.11. The van der Waals surface area contributed by atoms with Crippen molar-refractivity contribution in [3.63, 3.8) is 0 Å². The first-order valence-electron chi connectivity index (χ1n) is 4.73. The Labute approximate surface area is 101 Å². The van der Waals surface area contributed by atoms with Gasteiger partial charge in [-0.1, -0.05) is 0 Å². The zero-order chi connectivity index (χ0) is 11.5. The molecule has 0 aromatic carbocycles. The molecule has 0 fully saturated rings. The molecule has 0 unspecified atom stereocenters. The molecule has 82 valence electrons. The van der Waals surface area contributed by atoms with Crippen molar-refractivity contribution in [3.05, 3.63) is 46.5 Å². The highest BCUT2D eigenvalue weighted by Crippen LogP contribution is 2.15. The van der Waals surface area contributed by atoms with E-state index in [1.165, 1.54) is 0 Å². The number of hydrogen-bond donors (Lipinski definition) is 2. The Balaban J connectivity index is 2.11. The average Bonchev–Trinajstić information content (AvgIpc) is 2.65. The Morgan fingerprint density at radius 3 is 2.88 bits per heavy atom. The molecular weight excluding hydrogens is 270 g/mol. The van der Waals surface area contributed by atoms with Crippen LogP contribution in [0.4, 0.5) is 5.69 Å². The largest absolute Gasteiger partial charge is 0.354 e. The van der Waals surface area contributed by atoms with Crippen molar-refractivity contribution in [3.8, 4) is 0 Å². The predicted molar refractivity (Wildman–Crippen MR) is 65.4 cm³/mol. The van der Waals surface area contributed by atoms with E-state index < -0.39 is 0 Å². The molecule has 0 radical (unpaired) electrons. The summed E-state index contributed by atoms with van der Waals surface area (Å²) in [6.45, 7) is 1.88. The smallest absolute Gasteiger partial charge is 0.257 e. The summed E-state index contributed by atoms with van der Waals surface area (Å²) in [6, 6.07) is 5.35. The van der Waals surface area contributed by atoms with Gasteiger partial charge in [-0.25, -0.2) is 0 Å². The molecule has 1 amide bonds. The molecule has 2 aromatic rings. The fourth-order valence-electron chi connectivity index (χ4n) is 1.24. The van der Waals surface area contributed by atoms with Gasteiger partial charge in [0.05, 0.1) is 15.9 Å². The molecular formula is C11H10BrN3O. The molecule has 2 N–H and O–H groups in total. The van der Waals surface area contributed by atoms with Crippen molar-refractivity contribution in [1.82, 2.24) is 9.97 Å². The predicted octanol–water partition coefficient (Wildman–Crippen LogP) is 2.73. The number of nitrogens with zero attached hydrogens (tertiary/aromatic N) is 1. The maximum atomic E-state index is 11.8. The van der Waals surface area contributed by atoms with Crippen LogP contribution < -0.4 is 5.32 Å². The molecule has 2 heterocycles. The molecule has 16 heavy (non-hydrogen) atoms. The van der Waals surface area contributed by atoms with Crippen LogP contribution in [0.1, 0.15) is 16.1 Å². The van der Waals surface area contributed by atoms with Crippen LogP contribution in [0, 0.1) is 6.92 Å². The number of nitrogens with one attached hydrogen (secondary N) is 2. The summed E-state index contributed by atoms with van der Waals surface area (Å²) in [5, 5.41) is 2.76. The Kier molecular flexibility index (Phi) is 3.05. The van der Waals surface area contributed by atoms with E-state index in [1.807, 2.05) is 13.0 Å². The number of carbonyl (C=O) groups is 1. The third kappa shape index (κ3) is 2.49. The van der Waals surface area contributed by atoms with E-state index in [0.717, 1.165) is 16.0 Å². The van der Waals surface area contributed by atoms with E-state index in [-0.39, 0.29) is 5.91 Å². The molecule has 0 saturated carbocycles. The molecule has 0 aliphatic rings. The SMILES string of the molecule is Cc1ccc(C(=O)Nc2c[nH]c(Br)c2)cn1. The number of amides is 1. The van der Waals surface area contributed by atoms with Crippen LogP contribution in [-0.2, 0) is 0 Å². The Morgan fingerprint density at radius 1 is 1.50 bits per heavy atom. The molecule has 2 rings (SSSR count). The van der Waals surface area contributed by atoms with Crippen LogP contribution >= 0.6 is 15.9 Å². The van der Waals surface area contributed by atoms with Gasteiger partial charge in [0.2, 0.25) is 0 Å². The third-order valence-electron chi connectivity index (χ3n) is 2.08. The number of anilines is 1. The second-order valence-electron chi connectivity index (χ2n) is 3.38. The first kappa shape index (κ1) is 10.9. The Morgan fingerprint density at radius 2 is 2.31 bits per heavy atom. The van der Waals surface area contributed by atoms with Gasteiger partial charge in [0.15, 0.2) is 0 Å². The van der Waals surface area contributed by atoms with Crippen LogP contribution in [0.3, 0.4) is 0 Å². The normalized spacial score (nSPS) is 10.1. The molecule has 5 heteroatoms. The molecule has 0 aliphatic carbocycles. The van der Waals surface area contributed by atoms with Crippen molar-refractivity contribution >= 4 is 27.5 Å². The van der Waals surface area contributed by atoms with Crippen LogP contribution in [-0.4, -0.2) is 15.9 Å². The van der Waals surface area contributed by atoms with Gasteiger partial charge in [0, 0.05) is 18.1 Å². The highest BCUT2D eigenvalue weighted by Gasteiger charge is 2.06. The number of carbonyl (C=O) groups excluding carboxylic acids is 1. The topological polar surface area (TPSA) is 57.8 Å². The monoisotopic (exact) mass is 279 g/mol. The number of aromatic nitrogens is 2. The molecule has 0 bridgehead atoms. The van der Waals surface area contributed by atoms with Gasteiger partial charge in [-0.3, -0.25) is 9.78 Å². The standard InChI is InChI=1S/C11H10BrN3O/c1-7-2-3-8(5-13-7)11(16)15-9-4-10(12)14-6-9/h2-6,14H,1H3,(H,15,16). The second-order valence-corrected chi connectivity index (χ2v) is 4.23. The molecule has 0 spiro atoms. The van der Waals surface area contributed by atoms with Crippen molar-refractivity contribution in [2.75, 3.05) is 5.32 Å². The summed E-state index contributed by atoms with van der Waals surface area (Å²) >= 11 is 3.27. The molecule has 2 aromatic heterocycles. The molecule has 0 saturated heterocycles. The fourth-order valence-corrected chi connectivity index (χ4v) is 1.61. The number of aromatic amines is 1.